The molecule has 0 amide bonds. The molecule has 1 saturated carbocycles. The second kappa shape index (κ2) is 7.06. The first-order chi connectivity index (χ1) is 11.0. The minimum absolute atomic E-state index is 0.0679. The van der Waals surface area contributed by atoms with Gasteiger partial charge in [-0.3, -0.25) is 4.79 Å². The summed E-state index contributed by atoms with van der Waals surface area (Å²) in [7, 11) is 0. The molecule has 1 aromatic carbocycles. The highest BCUT2D eigenvalue weighted by atomic mass is 35.5. The van der Waals surface area contributed by atoms with Crippen LogP contribution in [0, 0.1) is 17.3 Å². The summed E-state index contributed by atoms with van der Waals surface area (Å²) in [6, 6.07) is 5.78. The van der Waals surface area contributed by atoms with E-state index in [2.05, 4.69) is 4.74 Å². The van der Waals surface area contributed by atoms with Crippen LogP contribution in [0.1, 0.15) is 19.4 Å². The van der Waals surface area contributed by atoms with Gasteiger partial charge in [-0.25, -0.2) is 0 Å². The molecule has 0 bridgehead atoms. The Morgan fingerprint density at radius 1 is 1.38 bits per heavy atom. The van der Waals surface area contributed by atoms with E-state index >= 15 is 0 Å². The van der Waals surface area contributed by atoms with E-state index in [1.807, 2.05) is 13.8 Å². The van der Waals surface area contributed by atoms with Crippen LogP contribution in [0.2, 0.25) is 0 Å². The Bertz CT molecular complexity index is 652. The van der Waals surface area contributed by atoms with Crippen LogP contribution in [-0.2, 0) is 16.1 Å². The number of hydrogen-bond donors (Lipinski definition) is 0. The molecule has 2 unspecified atom stereocenters. The number of halogens is 5. The topological polar surface area (TPSA) is 35.5 Å². The average Bonchev–Trinajstić information content (AvgIpc) is 2.95. The van der Waals surface area contributed by atoms with E-state index in [4.69, 9.17) is 39.5 Å². The SMILES string of the molecule is CC1(C)C(C=C(Cl)Cl)C1C(=O)OCc1cccc(OC(F)(F)Cl)c1. The molecule has 2 atom stereocenters. The summed E-state index contributed by atoms with van der Waals surface area (Å²) in [6.45, 7) is 3.75. The highest BCUT2D eigenvalue weighted by Gasteiger charge is 2.61. The van der Waals surface area contributed by atoms with Crippen molar-refractivity contribution >= 4 is 40.8 Å². The van der Waals surface area contributed by atoms with Gasteiger partial charge in [0.05, 0.1) is 5.92 Å². The van der Waals surface area contributed by atoms with Gasteiger partial charge >= 0.3 is 11.5 Å². The van der Waals surface area contributed by atoms with Gasteiger partial charge in [0.2, 0.25) is 0 Å². The van der Waals surface area contributed by atoms with Gasteiger partial charge in [-0.1, -0.05) is 49.2 Å². The van der Waals surface area contributed by atoms with Crippen molar-refractivity contribution in [3.8, 4) is 5.75 Å². The maximum Gasteiger partial charge on any atom is 0.487 e. The summed E-state index contributed by atoms with van der Waals surface area (Å²) < 4.78 is 34.9. The van der Waals surface area contributed by atoms with Gasteiger partial charge in [0.25, 0.3) is 0 Å². The van der Waals surface area contributed by atoms with Gasteiger partial charge in [-0.2, -0.15) is 0 Å². The number of benzene rings is 1. The number of esters is 1. The maximum absolute atomic E-state index is 12.6. The Hall–Kier alpha value is -1.04. The molecule has 0 aliphatic heterocycles. The number of hydrogen-bond acceptors (Lipinski definition) is 3. The lowest BCUT2D eigenvalue weighted by Crippen LogP contribution is -2.15. The van der Waals surface area contributed by atoms with Crippen molar-refractivity contribution in [2.45, 2.75) is 26.0 Å². The van der Waals surface area contributed by atoms with Crippen molar-refractivity contribution in [3.63, 3.8) is 0 Å². The zero-order valence-electron chi connectivity index (χ0n) is 12.9. The predicted octanol–water partition coefficient (Wildman–Crippen LogP) is 5.49. The van der Waals surface area contributed by atoms with Gasteiger partial charge in [0.1, 0.15) is 16.8 Å². The molecule has 132 valence electrons. The van der Waals surface area contributed by atoms with E-state index in [1.54, 1.807) is 12.1 Å². The summed E-state index contributed by atoms with van der Waals surface area (Å²) in [5, 5.41) is 0. The van der Waals surface area contributed by atoms with Crippen molar-refractivity contribution in [2.24, 2.45) is 17.3 Å². The second-order valence-corrected chi connectivity index (χ2v) is 7.53. The molecular weight excluding hydrogens is 385 g/mol. The third-order valence-electron chi connectivity index (χ3n) is 3.98. The zero-order chi connectivity index (χ0) is 18.1. The first-order valence-electron chi connectivity index (χ1n) is 7.05. The van der Waals surface area contributed by atoms with E-state index in [0.717, 1.165) is 0 Å². The van der Waals surface area contributed by atoms with Gasteiger partial charge in [0.15, 0.2) is 0 Å². The van der Waals surface area contributed by atoms with Crippen molar-refractivity contribution < 1.29 is 23.0 Å². The Morgan fingerprint density at radius 2 is 2.04 bits per heavy atom. The number of carbonyl (C=O) groups is 1. The van der Waals surface area contributed by atoms with Gasteiger partial charge < -0.3 is 9.47 Å². The minimum Gasteiger partial charge on any atom is -0.461 e. The molecular formula is C16H15Cl3F2O3. The van der Waals surface area contributed by atoms with Crippen molar-refractivity contribution in [1.29, 1.82) is 0 Å². The molecule has 1 aliphatic rings. The fourth-order valence-corrected chi connectivity index (χ4v) is 3.01. The molecule has 0 radical (unpaired) electrons. The molecule has 2 rings (SSSR count). The van der Waals surface area contributed by atoms with Gasteiger partial charge in [0, 0.05) is 11.6 Å². The van der Waals surface area contributed by atoms with Crippen LogP contribution < -0.4 is 4.74 Å². The molecule has 0 N–H and O–H groups in total. The zero-order valence-corrected chi connectivity index (χ0v) is 15.1. The highest BCUT2D eigenvalue weighted by molar-refractivity contribution is 6.55. The first kappa shape index (κ1) is 19.3. The fraction of sp³-hybridized carbons (Fsp3) is 0.438. The number of rotatable bonds is 6. The number of carbonyl (C=O) groups excluding carboxylic acids is 1. The van der Waals surface area contributed by atoms with E-state index in [9.17, 15) is 13.6 Å². The number of alkyl halides is 3. The molecule has 0 heterocycles. The summed E-state index contributed by atoms with van der Waals surface area (Å²) in [4.78, 5) is 12.2. The normalized spacial score (nSPS) is 21.8. The standard InChI is InChI=1S/C16H15Cl3F2O3/c1-15(2)11(7-12(17)18)13(15)14(22)23-8-9-4-3-5-10(6-9)24-16(19,20)21/h3-7,11,13H,8H2,1-2H3. The lowest BCUT2D eigenvalue weighted by Gasteiger charge is -2.11. The highest BCUT2D eigenvalue weighted by Crippen LogP contribution is 2.60. The maximum atomic E-state index is 12.6. The Balaban J connectivity index is 1.96. The second-order valence-electron chi connectivity index (χ2n) is 6.08. The lowest BCUT2D eigenvalue weighted by atomic mass is 10.1. The largest absolute Gasteiger partial charge is 0.487 e. The van der Waals surface area contributed by atoms with E-state index in [0.29, 0.717) is 5.56 Å². The van der Waals surface area contributed by atoms with E-state index < -0.39 is 11.5 Å². The van der Waals surface area contributed by atoms with Crippen molar-refractivity contribution in [3.05, 3.63) is 40.4 Å². The molecule has 1 fully saturated rings. The van der Waals surface area contributed by atoms with Crippen LogP contribution in [-0.4, -0.2) is 11.5 Å². The first-order valence-corrected chi connectivity index (χ1v) is 8.18. The Labute approximate surface area is 153 Å². The number of ether oxygens (including phenoxy) is 2. The molecule has 0 aromatic heterocycles. The summed E-state index contributed by atoms with van der Waals surface area (Å²) in [5.41, 5.74) is -3.59. The van der Waals surface area contributed by atoms with Crippen molar-refractivity contribution in [1.82, 2.24) is 0 Å². The Kier molecular flexibility index (Phi) is 5.68. The van der Waals surface area contributed by atoms with Crippen LogP contribution in [0.3, 0.4) is 0 Å². The smallest absolute Gasteiger partial charge is 0.461 e. The Morgan fingerprint density at radius 3 is 2.62 bits per heavy atom. The van der Waals surface area contributed by atoms with Crippen LogP contribution >= 0.6 is 34.8 Å². The molecule has 3 nitrogen and oxygen atoms in total. The predicted molar refractivity (Wildman–Crippen MR) is 88.2 cm³/mol. The minimum atomic E-state index is -3.80. The summed E-state index contributed by atoms with van der Waals surface area (Å²) in [5.74, 6) is -0.967. The van der Waals surface area contributed by atoms with Gasteiger partial charge in [-0.15, -0.1) is 8.78 Å². The summed E-state index contributed by atoms with van der Waals surface area (Å²) in [6.07, 6.45) is 1.62. The van der Waals surface area contributed by atoms with E-state index in [-0.39, 0.29) is 34.1 Å². The quantitative estimate of drug-likeness (QED) is 0.469. The molecule has 0 spiro atoms. The molecule has 1 aliphatic carbocycles. The lowest BCUT2D eigenvalue weighted by molar-refractivity contribution is -0.147. The fourth-order valence-electron chi connectivity index (χ4n) is 2.65. The monoisotopic (exact) mass is 398 g/mol. The van der Waals surface area contributed by atoms with Gasteiger partial charge in [-0.05, 0) is 35.1 Å². The molecule has 8 heteroatoms. The number of allylic oxidation sites excluding steroid dienone is 1. The van der Waals surface area contributed by atoms with Crippen LogP contribution in [0.25, 0.3) is 0 Å². The van der Waals surface area contributed by atoms with Crippen LogP contribution in [0.4, 0.5) is 8.78 Å². The molecule has 0 saturated heterocycles. The molecule has 24 heavy (non-hydrogen) atoms. The molecule has 1 aromatic rings. The average molecular weight is 400 g/mol. The third-order valence-corrected chi connectivity index (χ3v) is 4.31. The summed E-state index contributed by atoms with van der Waals surface area (Å²) >= 11 is 16.0. The van der Waals surface area contributed by atoms with Crippen LogP contribution in [0.15, 0.2) is 34.8 Å². The van der Waals surface area contributed by atoms with E-state index in [1.165, 1.54) is 18.2 Å². The van der Waals surface area contributed by atoms with Crippen molar-refractivity contribution in [2.75, 3.05) is 0 Å². The third kappa shape index (κ3) is 4.98. The van der Waals surface area contributed by atoms with Crippen LogP contribution in [0.5, 0.6) is 5.75 Å².